The van der Waals surface area contributed by atoms with Crippen LogP contribution in [0, 0.1) is 11.6 Å². The van der Waals surface area contributed by atoms with E-state index in [1.165, 1.54) is 7.05 Å². The molecule has 1 aromatic carbocycles. The highest BCUT2D eigenvalue weighted by Gasteiger charge is 2.48. The number of thiophene rings is 1. The minimum absolute atomic E-state index is 0.126. The van der Waals surface area contributed by atoms with Crippen molar-refractivity contribution in [3.05, 3.63) is 51.4 Å². The zero-order valence-electron chi connectivity index (χ0n) is 19.6. The van der Waals surface area contributed by atoms with Crippen molar-refractivity contribution in [3.8, 4) is 0 Å². The number of nitrogens with zero attached hydrogens (tertiary/aromatic N) is 4. The van der Waals surface area contributed by atoms with Gasteiger partial charge in [0.1, 0.15) is 27.5 Å². The number of hydrogen-bond acceptors (Lipinski definition) is 6. The van der Waals surface area contributed by atoms with E-state index in [1.807, 2.05) is 0 Å². The number of amides is 5. The fourth-order valence-corrected chi connectivity index (χ4v) is 5.07. The van der Waals surface area contributed by atoms with E-state index in [-0.39, 0.29) is 14.6 Å². The quantitative estimate of drug-likeness (QED) is 0.339. The minimum Gasteiger partial charge on any atom is -0.465 e. The van der Waals surface area contributed by atoms with Gasteiger partial charge in [-0.05, 0) is 24.3 Å². The molecular formula is C22H15ClF5N5O5S. The van der Waals surface area contributed by atoms with Crippen LogP contribution < -0.4 is 15.1 Å². The van der Waals surface area contributed by atoms with Crippen LogP contribution in [-0.2, 0) is 11.0 Å². The van der Waals surface area contributed by atoms with Crippen molar-refractivity contribution < 1.29 is 46.2 Å². The molecule has 17 heteroatoms. The summed E-state index contributed by atoms with van der Waals surface area (Å²) in [5.74, 6) is -5.04. The van der Waals surface area contributed by atoms with Crippen molar-refractivity contribution in [1.82, 2.24) is 15.2 Å². The molecule has 2 aromatic heterocycles. The second-order valence-electron chi connectivity index (χ2n) is 8.09. The molecule has 2 N–H and O–H groups in total. The maximum atomic E-state index is 14.6. The molecule has 1 fully saturated rings. The number of likely N-dealkylation sites (N-methyl/N-ethyl adjacent to an activating group) is 1. The number of halogens is 6. The number of fused-ring (bicyclic) bond motifs is 1. The Morgan fingerprint density at radius 1 is 1.23 bits per heavy atom. The van der Waals surface area contributed by atoms with E-state index < -0.39 is 81.8 Å². The van der Waals surface area contributed by atoms with Gasteiger partial charge in [-0.25, -0.2) is 28.3 Å². The van der Waals surface area contributed by atoms with Crippen LogP contribution in [-0.4, -0.2) is 65.6 Å². The van der Waals surface area contributed by atoms with Crippen molar-refractivity contribution in [1.29, 1.82) is 0 Å². The highest BCUT2D eigenvalue weighted by atomic mass is 35.5. The van der Waals surface area contributed by atoms with Gasteiger partial charge >= 0.3 is 18.3 Å². The lowest BCUT2D eigenvalue weighted by molar-refractivity contribution is -0.136. The summed E-state index contributed by atoms with van der Waals surface area (Å²) in [4.78, 5) is 54.9. The Bertz CT molecular complexity index is 1550. The third-order valence-electron chi connectivity index (χ3n) is 5.82. The van der Waals surface area contributed by atoms with E-state index in [4.69, 9.17) is 11.6 Å². The lowest BCUT2D eigenvalue weighted by atomic mass is 10.1. The number of imide groups is 1. The highest BCUT2D eigenvalue weighted by molar-refractivity contribution is 7.20. The van der Waals surface area contributed by atoms with Gasteiger partial charge in [-0.15, -0.1) is 11.3 Å². The first-order chi connectivity index (χ1) is 18.2. The van der Waals surface area contributed by atoms with E-state index in [9.17, 15) is 46.2 Å². The largest absolute Gasteiger partial charge is 0.465 e. The molecule has 5 amide bonds. The molecule has 0 bridgehead atoms. The number of pyridine rings is 1. The third-order valence-corrected chi connectivity index (χ3v) is 7.20. The zero-order valence-corrected chi connectivity index (χ0v) is 21.2. The van der Waals surface area contributed by atoms with Gasteiger partial charge in [0.15, 0.2) is 5.82 Å². The molecule has 1 aliphatic rings. The molecule has 10 nitrogen and oxygen atoms in total. The molecule has 3 aromatic rings. The second-order valence-corrected chi connectivity index (χ2v) is 9.50. The number of nitrogens with one attached hydrogen (secondary N) is 1. The van der Waals surface area contributed by atoms with Gasteiger partial charge in [-0.3, -0.25) is 14.5 Å². The van der Waals surface area contributed by atoms with Crippen molar-refractivity contribution in [2.75, 3.05) is 30.4 Å². The first-order valence-corrected chi connectivity index (χ1v) is 11.8. The van der Waals surface area contributed by atoms with Gasteiger partial charge in [0.25, 0.3) is 11.8 Å². The summed E-state index contributed by atoms with van der Waals surface area (Å²) in [6.45, 7) is -0.844. The number of benzene rings is 1. The van der Waals surface area contributed by atoms with E-state index in [0.29, 0.717) is 27.2 Å². The molecule has 3 heterocycles. The number of aromatic nitrogens is 1. The lowest BCUT2D eigenvalue weighted by Crippen LogP contribution is -2.47. The summed E-state index contributed by atoms with van der Waals surface area (Å²) >= 11 is 6.14. The average Bonchev–Trinajstić information content (AvgIpc) is 3.46. The van der Waals surface area contributed by atoms with E-state index in [2.05, 4.69) is 10.3 Å². The van der Waals surface area contributed by atoms with E-state index >= 15 is 0 Å². The highest BCUT2D eigenvalue weighted by Crippen LogP contribution is 2.41. The fourth-order valence-electron chi connectivity index (χ4n) is 3.91. The smallest absolute Gasteiger partial charge is 0.417 e. The number of carbonyl (C=O) groups excluding carboxylic acids is 3. The lowest BCUT2D eigenvalue weighted by Gasteiger charge is -2.27. The van der Waals surface area contributed by atoms with Crippen LogP contribution in [0.1, 0.15) is 15.2 Å². The number of rotatable bonds is 4. The first-order valence-electron chi connectivity index (χ1n) is 10.7. The molecule has 0 saturated carbocycles. The molecule has 0 spiro atoms. The van der Waals surface area contributed by atoms with Crippen LogP contribution in [0.25, 0.3) is 10.2 Å². The van der Waals surface area contributed by atoms with Gasteiger partial charge in [0, 0.05) is 19.5 Å². The van der Waals surface area contributed by atoms with Gasteiger partial charge in [0.05, 0.1) is 22.7 Å². The fraction of sp³-hybridized carbons (Fsp3) is 0.227. The maximum absolute atomic E-state index is 14.6. The molecule has 1 saturated heterocycles. The van der Waals surface area contributed by atoms with Crippen molar-refractivity contribution in [3.63, 3.8) is 0 Å². The molecule has 4 rings (SSSR count). The average molecular weight is 592 g/mol. The SMILES string of the molecule is CNC(=O)c1cc2c(C(F)(F)F)cc(N3C(=O)N(C(=O)O)C[C@H]3C(=O)N(C)c3ccc(F)c(Cl)c3F)nc2s1. The number of hydrogen-bond donors (Lipinski definition) is 2. The van der Waals surface area contributed by atoms with Crippen molar-refractivity contribution >= 4 is 68.6 Å². The first kappa shape index (κ1) is 28.0. The number of alkyl halides is 3. The third kappa shape index (κ3) is 4.80. The zero-order chi connectivity index (χ0) is 29.0. The number of carbonyl (C=O) groups is 4. The van der Waals surface area contributed by atoms with Crippen LogP contribution in [0.2, 0.25) is 5.02 Å². The Kier molecular flexibility index (Phi) is 7.12. The van der Waals surface area contributed by atoms with Crippen LogP contribution in [0.3, 0.4) is 0 Å². The molecule has 0 unspecified atom stereocenters. The summed E-state index contributed by atoms with van der Waals surface area (Å²) in [5, 5.41) is 10.3. The Labute approximate surface area is 224 Å². The maximum Gasteiger partial charge on any atom is 0.417 e. The topological polar surface area (TPSA) is 123 Å². The van der Waals surface area contributed by atoms with Gasteiger partial charge in [0.2, 0.25) is 0 Å². The van der Waals surface area contributed by atoms with Gasteiger partial charge in [-0.2, -0.15) is 13.2 Å². The van der Waals surface area contributed by atoms with Crippen LogP contribution in [0.4, 0.5) is 43.0 Å². The Morgan fingerprint density at radius 2 is 1.90 bits per heavy atom. The number of urea groups is 1. The van der Waals surface area contributed by atoms with Gasteiger partial charge < -0.3 is 15.3 Å². The van der Waals surface area contributed by atoms with Crippen molar-refractivity contribution in [2.24, 2.45) is 0 Å². The van der Waals surface area contributed by atoms with Crippen LogP contribution >= 0.6 is 22.9 Å². The summed E-state index contributed by atoms with van der Waals surface area (Å²) in [7, 11) is 2.29. The summed E-state index contributed by atoms with van der Waals surface area (Å²) < 4.78 is 70.2. The normalized spacial score (nSPS) is 15.7. The van der Waals surface area contributed by atoms with E-state index in [0.717, 1.165) is 25.2 Å². The number of anilines is 2. The summed E-state index contributed by atoms with van der Waals surface area (Å²) in [5.41, 5.74) is -1.84. The molecule has 0 aliphatic carbocycles. The predicted octanol–water partition coefficient (Wildman–Crippen LogP) is 4.56. The Morgan fingerprint density at radius 3 is 2.49 bits per heavy atom. The summed E-state index contributed by atoms with van der Waals surface area (Å²) in [6.07, 6.45) is -6.81. The standard InChI is InChI=1S/C22H15ClF5N5O5S/c1-29-17(34)13-5-8-9(22(26,27)28)6-14(30-18(8)39-13)33-12(7-32(20(33)36)21(37)38)19(35)31(2)11-4-3-10(24)15(23)16(11)25/h3-6,12H,7H2,1-2H3,(H,29,34)(H,37,38)/t12-/m0/s1. The van der Waals surface area contributed by atoms with E-state index in [1.54, 1.807) is 0 Å². The molecule has 39 heavy (non-hydrogen) atoms. The van der Waals surface area contributed by atoms with Crippen molar-refractivity contribution in [2.45, 2.75) is 12.2 Å². The molecule has 206 valence electrons. The molecule has 1 atom stereocenters. The van der Waals surface area contributed by atoms with Gasteiger partial charge in [-0.1, -0.05) is 11.6 Å². The van der Waals surface area contributed by atoms with Crippen LogP contribution in [0.15, 0.2) is 24.3 Å². The molecule has 0 radical (unpaired) electrons. The molecule has 1 aliphatic heterocycles. The summed E-state index contributed by atoms with van der Waals surface area (Å²) in [6, 6.07) is -0.159. The minimum atomic E-state index is -5.00. The Hall–Kier alpha value is -4.05. The monoisotopic (exact) mass is 591 g/mol. The number of carboxylic acid groups (broad SMARTS) is 1. The predicted molar refractivity (Wildman–Crippen MR) is 129 cm³/mol. The molecular weight excluding hydrogens is 577 g/mol. The Balaban J connectivity index is 1.87. The second kappa shape index (κ2) is 9.92. The van der Waals surface area contributed by atoms with Crippen LogP contribution in [0.5, 0.6) is 0 Å².